The summed E-state index contributed by atoms with van der Waals surface area (Å²) in [5.74, 6) is -0.0617. The molecule has 0 spiro atoms. The first kappa shape index (κ1) is 20.8. The Labute approximate surface area is 179 Å². The van der Waals surface area contributed by atoms with Crippen LogP contribution >= 0.6 is 0 Å². The Morgan fingerprint density at radius 3 is 2.65 bits per heavy atom. The molecule has 0 aromatic carbocycles. The molecule has 3 aliphatic rings. The second kappa shape index (κ2) is 8.32. The number of rotatable bonds is 5. The van der Waals surface area contributed by atoms with Crippen LogP contribution in [0.4, 0.5) is 4.79 Å². The number of hydrogen-bond donors (Lipinski definition) is 1. The quantitative estimate of drug-likeness (QED) is 0.639. The van der Waals surface area contributed by atoms with Crippen molar-refractivity contribution in [2.45, 2.75) is 18.9 Å². The van der Waals surface area contributed by atoms with Gasteiger partial charge in [-0.1, -0.05) is 0 Å². The number of hydrogen-bond acceptors (Lipinski definition) is 6. The van der Waals surface area contributed by atoms with Crippen LogP contribution in [-0.2, 0) is 9.59 Å². The highest BCUT2D eigenvalue weighted by Crippen LogP contribution is 2.19. The highest BCUT2D eigenvalue weighted by molar-refractivity contribution is 6.21. The number of carbonyl (C=O) groups is 4. The van der Waals surface area contributed by atoms with E-state index in [1.165, 1.54) is 30.8 Å². The Kier molecular flexibility index (Phi) is 5.57. The fourth-order valence-electron chi connectivity index (χ4n) is 4.06. The predicted molar refractivity (Wildman–Crippen MR) is 109 cm³/mol. The third kappa shape index (κ3) is 3.94. The molecule has 4 heterocycles. The van der Waals surface area contributed by atoms with Crippen molar-refractivity contribution in [2.24, 2.45) is 10.9 Å². The standard InChI is InChI=1S/C20H24N6O5/c1-23-17-16(19(29)24(2)20(23)30)26(12-22-17)10-15(27)21-9-13-3-6-25(7-4-13)18(28)14-5-8-31-11-14/h5,8,11-13,16H,3-4,6-7,9-10H2,1-2H3/p+1. The van der Waals surface area contributed by atoms with Gasteiger partial charge < -0.3 is 14.6 Å². The van der Waals surface area contributed by atoms with E-state index in [9.17, 15) is 19.2 Å². The Bertz CT molecular complexity index is 961. The highest BCUT2D eigenvalue weighted by Gasteiger charge is 2.50. The monoisotopic (exact) mass is 429 g/mol. The lowest BCUT2D eigenvalue weighted by Gasteiger charge is -2.32. The van der Waals surface area contributed by atoms with E-state index in [1.54, 1.807) is 22.6 Å². The van der Waals surface area contributed by atoms with E-state index in [0.29, 0.717) is 31.0 Å². The van der Waals surface area contributed by atoms with Crippen LogP contribution < -0.4 is 5.32 Å². The molecule has 164 valence electrons. The van der Waals surface area contributed by atoms with Gasteiger partial charge >= 0.3 is 6.03 Å². The van der Waals surface area contributed by atoms with Crippen LogP contribution in [0, 0.1) is 5.92 Å². The minimum Gasteiger partial charge on any atom is -0.472 e. The zero-order chi connectivity index (χ0) is 22.1. The molecule has 3 aliphatic heterocycles. The van der Waals surface area contributed by atoms with E-state index in [2.05, 4.69) is 10.3 Å². The summed E-state index contributed by atoms with van der Waals surface area (Å²) < 4.78 is 6.51. The molecule has 0 bridgehead atoms. The lowest BCUT2D eigenvalue weighted by Crippen LogP contribution is -2.62. The highest BCUT2D eigenvalue weighted by atomic mass is 16.3. The largest absolute Gasteiger partial charge is 0.472 e. The minimum absolute atomic E-state index is 0.0307. The molecule has 1 aromatic rings. The van der Waals surface area contributed by atoms with Crippen LogP contribution in [0.15, 0.2) is 28.0 Å². The Hall–Kier alpha value is -3.50. The van der Waals surface area contributed by atoms with Crippen LogP contribution in [0.2, 0.25) is 0 Å². The summed E-state index contributed by atoms with van der Waals surface area (Å²) in [6, 6.07) is 0.440. The number of carbonyl (C=O) groups excluding carboxylic acids is 4. The van der Waals surface area contributed by atoms with Gasteiger partial charge in [0.2, 0.25) is 0 Å². The van der Waals surface area contributed by atoms with Gasteiger partial charge in [0, 0.05) is 33.7 Å². The molecular weight excluding hydrogens is 404 g/mol. The average Bonchev–Trinajstić information content (AvgIpc) is 3.45. The fourth-order valence-corrected chi connectivity index (χ4v) is 4.06. The maximum absolute atomic E-state index is 12.5. The first-order chi connectivity index (χ1) is 14.9. The minimum atomic E-state index is -0.768. The average molecular weight is 429 g/mol. The number of nitrogens with one attached hydrogen (secondary N) is 1. The molecule has 4 rings (SSSR count). The molecule has 31 heavy (non-hydrogen) atoms. The second-order valence-electron chi connectivity index (χ2n) is 7.97. The summed E-state index contributed by atoms with van der Waals surface area (Å²) in [5, 5.41) is 2.92. The molecule has 1 atom stereocenters. The van der Waals surface area contributed by atoms with E-state index >= 15 is 0 Å². The van der Waals surface area contributed by atoms with Crippen molar-refractivity contribution < 1.29 is 28.2 Å². The number of aliphatic imine (C=N–C) groups is 1. The number of piperidine rings is 1. The van der Waals surface area contributed by atoms with Gasteiger partial charge in [-0.05, 0) is 29.8 Å². The van der Waals surface area contributed by atoms with Crippen LogP contribution in [0.25, 0.3) is 0 Å². The summed E-state index contributed by atoms with van der Waals surface area (Å²) in [7, 11) is 2.97. The molecule has 1 aromatic heterocycles. The van der Waals surface area contributed by atoms with Gasteiger partial charge in [0.05, 0.1) is 11.8 Å². The molecule has 0 radical (unpaired) electrons. The molecule has 1 N–H and O–H groups in total. The van der Waals surface area contributed by atoms with Crippen LogP contribution in [0.1, 0.15) is 23.2 Å². The summed E-state index contributed by atoms with van der Waals surface area (Å²) in [6.07, 6.45) is 5.95. The van der Waals surface area contributed by atoms with Crippen molar-refractivity contribution in [1.82, 2.24) is 20.0 Å². The molecular formula is C20H25N6O5+. The first-order valence-corrected chi connectivity index (χ1v) is 10.2. The lowest BCUT2D eigenvalue weighted by atomic mass is 9.96. The molecule has 5 amide bonds. The lowest BCUT2D eigenvalue weighted by molar-refractivity contribution is -0.519. The smallest absolute Gasteiger partial charge is 0.333 e. The zero-order valence-corrected chi connectivity index (χ0v) is 17.5. The van der Waals surface area contributed by atoms with E-state index < -0.39 is 18.0 Å². The van der Waals surface area contributed by atoms with Crippen molar-refractivity contribution in [3.63, 3.8) is 0 Å². The number of urea groups is 1. The zero-order valence-electron chi connectivity index (χ0n) is 17.5. The van der Waals surface area contributed by atoms with Crippen molar-refractivity contribution in [1.29, 1.82) is 0 Å². The number of fused-ring (bicyclic) bond motifs is 1. The summed E-state index contributed by atoms with van der Waals surface area (Å²) in [6.45, 7) is 1.73. The number of furan rings is 1. The van der Waals surface area contributed by atoms with Crippen LogP contribution in [-0.4, -0.2) is 102 Å². The maximum Gasteiger partial charge on any atom is 0.333 e. The van der Waals surface area contributed by atoms with Crippen molar-refractivity contribution in [2.75, 3.05) is 40.3 Å². The van der Waals surface area contributed by atoms with E-state index in [0.717, 1.165) is 17.7 Å². The van der Waals surface area contributed by atoms with Crippen LogP contribution in [0.3, 0.4) is 0 Å². The molecule has 2 fully saturated rings. The Morgan fingerprint density at radius 2 is 1.97 bits per heavy atom. The van der Waals surface area contributed by atoms with Crippen molar-refractivity contribution in [3.8, 4) is 0 Å². The van der Waals surface area contributed by atoms with Gasteiger partial charge in [0.1, 0.15) is 6.26 Å². The third-order valence-corrected chi connectivity index (χ3v) is 5.98. The Morgan fingerprint density at radius 1 is 1.23 bits per heavy atom. The number of likely N-dealkylation sites (tertiary alicyclic amines) is 1. The normalized spacial score (nSPS) is 21.7. The Balaban J connectivity index is 1.24. The van der Waals surface area contributed by atoms with Crippen LogP contribution in [0.5, 0.6) is 0 Å². The number of nitrogens with zero attached hydrogens (tertiary/aromatic N) is 5. The fraction of sp³-hybridized carbons (Fsp3) is 0.500. The van der Waals surface area contributed by atoms with Gasteiger partial charge in [-0.2, -0.15) is 0 Å². The predicted octanol–water partition coefficient (Wildman–Crippen LogP) is -0.407. The second-order valence-corrected chi connectivity index (χ2v) is 7.97. The molecule has 1 unspecified atom stereocenters. The van der Waals surface area contributed by atoms with E-state index in [1.807, 2.05) is 0 Å². The van der Waals surface area contributed by atoms with E-state index in [4.69, 9.17) is 4.42 Å². The third-order valence-electron chi connectivity index (χ3n) is 5.98. The number of imide groups is 1. The van der Waals surface area contributed by atoms with Gasteiger partial charge in [-0.3, -0.25) is 24.2 Å². The molecule has 11 nitrogen and oxygen atoms in total. The summed E-state index contributed by atoms with van der Waals surface area (Å²) >= 11 is 0. The number of amides is 5. The van der Waals surface area contributed by atoms with Crippen molar-refractivity contribution in [3.05, 3.63) is 24.2 Å². The van der Waals surface area contributed by atoms with Gasteiger partial charge in [-0.15, -0.1) is 0 Å². The number of amidine groups is 1. The molecule has 0 aliphatic carbocycles. The number of likely N-dealkylation sites (N-methyl/N-ethyl adjacent to an activating group) is 2. The van der Waals surface area contributed by atoms with E-state index in [-0.39, 0.29) is 24.3 Å². The molecule has 11 heteroatoms. The van der Waals surface area contributed by atoms with Gasteiger partial charge in [0.15, 0.2) is 6.54 Å². The topological polar surface area (TPSA) is 119 Å². The van der Waals surface area contributed by atoms with Crippen molar-refractivity contribution >= 4 is 35.9 Å². The SMILES string of the molecule is CN1C(=O)C2C(=NC=[N+]2CC(=O)NCC2CCN(C(=O)c3ccoc3)CC2)N(C)C1=O. The van der Waals surface area contributed by atoms with Gasteiger partial charge in [-0.25, -0.2) is 9.37 Å². The summed E-state index contributed by atoms with van der Waals surface area (Å²) in [5.41, 5.74) is 0.547. The first-order valence-electron chi connectivity index (χ1n) is 10.2. The van der Waals surface area contributed by atoms with Gasteiger partial charge in [0.25, 0.3) is 35.9 Å². The maximum atomic E-state index is 12.5. The summed E-state index contributed by atoms with van der Waals surface area (Å²) in [4.78, 5) is 57.7. The molecule has 2 saturated heterocycles. The molecule has 0 saturated carbocycles.